The number of benzene rings is 5. The van der Waals surface area contributed by atoms with Crippen molar-refractivity contribution in [2.75, 3.05) is 0 Å². The minimum absolute atomic E-state index is 0.145. The van der Waals surface area contributed by atoms with Crippen molar-refractivity contribution < 1.29 is 4.79 Å². The van der Waals surface area contributed by atoms with E-state index < -0.39 is 0 Å². The Kier molecular flexibility index (Phi) is 4.47. The molecule has 0 bridgehead atoms. The van der Waals surface area contributed by atoms with Crippen LogP contribution in [-0.2, 0) is 6.42 Å². The van der Waals surface area contributed by atoms with Gasteiger partial charge in [0.2, 0.25) is 0 Å². The maximum absolute atomic E-state index is 14.0. The Morgan fingerprint density at radius 3 is 1.56 bits per heavy atom. The summed E-state index contributed by atoms with van der Waals surface area (Å²) in [5.41, 5.74) is 7.69. The lowest BCUT2D eigenvalue weighted by Gasteiger charge is -2.18. The molecule has 152 valence electrons. The Hall–Kier alpha value is -3.97. The summed E-state index contributed by atoms with van der Waals surface area (Å²) in [6.45, 7) is 0. The van der Waals surface area contributed by atoms with E-state index in [0.29, 0.717) is 0 Å². The molecule has 0 amide bonds. The van der Waals surface area contributed by atoms with E-state index in [-0.39, 0.29) is 11.7 Å². The second kappa shape index (κ2) is 7.62. The normalized spacial score (nSPS) is 15.1. The molecule has 1 aliphatic rings. The second-order valence-electron chi connectivity index (χ2n) is 8.41. The van der Waals surface area contributed by atoms with Gasteiger partial charge in [-0.25, -0.2) is 0 Å². The number of carbonyl (C=O) groups excluding carboxylic acids is 1. The van der Waals surface area contributed by atoms with Gasteiger partial charge in [0, 0.05) is 11.1 Å². The van der Waals surface area contributed by atoms with Gasteiger partial charge in [0.15, 0.2) is 5.78 Å². The first kappa shape index (κ1) is 18.8. The van der Waals surface area contributed by atoms with Crippen molar-refractivity contribution in [2.24, 2.45) is 0 Å². The van der Waals surface area contributed by atoms with Crippen LogP contribution in [-0.4, -0.2) is 5.78 Å². The molecule has 0 heterocycles. The first-order valence-corrected chi connectivity index (χ1v) is 11.1. The van der Waals surface area contributed by atoms with E-state index in [9.17, 15) is 4.79 Å². The third-order valence-corrected chi connectivity index (χ3v) is 6.62. The van der Waals surface area contributed by atoms with Crippen LogP contribution in [0.3, 0.4) is 0 Å². The maximum atomic E-state index is 14.0. The van der Waals surface area contributed by atoms with Crippen molar-refractivity contribution >= 4 is 16.6 Å². The fourth-order valence-electron chi connectivity index (χ4n) is 5.23. The van der Waals surface area contributed by atoms with Crippen molar-refractivity contribution in [3.8, 4) is 22.3 Å². The summed E-state index contributed by atoms with van der Waals surface area (Å²) in [7, 11) is 0. The van der Waals surface area contributed by atoms with Gasteiger partial charge < -0.3 is 0 Å². The summed E-state index contributed by atoms with van der Waals surface area (Å²) in [6.07, 6.45) is 0.729. The largest absolute Gasteiger partial charge is 0.293 e. The number of fused-ring (bicyclic) bond motifs is 2. The van der Waals surface area contributed by atoms with Crippen LogP contribution in [0.2, 0.25) is 0 Å². The SMILES string of the molecule is O=C1c2c(c(-c3ccccc3)c3ccccc3c2-c2ccccc2)CC1c1ccccc1. The zero-order valence-corrected chi connectivity index (χ0v) is 17.7. The van der Waals surface area contributed by atoms with Gasteiger partial charge in [-0.3, -0.25) is 4.79 Å². The molecule has 5 aromatic rings. The van der Waals surface area contributed by atoms with Crippen molar-refractivity contribution in [1.82, 2.24) is 0 Å². The molecule has 5 aromatic carbocycles. The van der Waals surface area contributed by atoms with E-state index in [0.717, 1.165) is 34.1 Å². The predicted octanol–water partition coefficient (Wildman–Crippen LogP) is 7.70. The second-order valence-corrected chi connectivity index (χ2v) is 8.41. The third kappa shape index (κ3) is 2.90. The predicted molar refractivity (Wildman–Crippen MR) is 132 cm³/mol. The molecule has 1 heteroatoms. The molecule has 6 rings (SSSR count). The molecular formula is C31H22O. The van der Waals surface area contributed by atoms with E-state index in [4.69, 9.17) is 0 Å². The summed E-state index contributed by atoms with van der Waals surface area (Å²) in [5.74, 6) is 0.0842. The van der Waals surface area contributed by atoms with Gasteiger partial charge >= 0.3 is 0 Å². The number of ketones is 1. The zero-order valence-electron chi connectivity index (χ0n) is 17.7. The Balaban J connectivity index is 1.73. The van der Waals surface area contributed by atoms with E-state index in [1.165, 1.54) is 22.1 Å². The Bertz CT molecular complexity index is 1430. The molecule has 0 radical (unpaired) electrons. The molecule has 0 fully saturated rings. The summed E-state index contributed by atoms with van der Waals surface area (Å²) in [4.78, 5) is 14.0. The Morgan fingerprint density at radius 1 is 0.500 bits per heavy atom. The van der Waals surface area contributed by atoms with Crippen LogP contribution in [0.25, 0.3) is 33.0 Å². The smallest absolute Gasteiger partial charge is 0.171 e. The molecule has 0 saturated carbocycles. The number of carbonyl (C=O) groups is 1. The third-order valence-electron chi connectivity index (χ3n) is 6.62. The molecule has 0 aromatic heterocycles. The molecule has 1 atom stereocenters. The molecule has 0 aliphatic heterocycles. The van der Waals surface area contributed by atoms with E-state index in [1.54, 1.807) is 0 Å². The molecule has 0 spiro atoms. The molecule has 32 heavy (non-hydrogen) atoms. The highest BCUT2D eigenvalue weighted by Crippen LogP contribution is 2.48. The molecule has 1 nitrogen and oxygen atoms in total. The summed E-state index contributed by atoms with van der Waals surface area (Å²) >= 11 is 0. The monoisotopic (exact) mass is 410 g/mol. The standard InChI is InChI=1S/C31H22O/c32-31-26(21-12-4-1-5-13-21)20-27-28(22-14-6-2-7-15-22)24-18-10-11-19-25(24)29(30(27)31)23-16-8-3-9-17-23/h1-19,26H,20H2. The van der Waals surface area contributed by atoms with E-state index >= 15 is 0 Å². The molecule has 0 saturated heterocycles. The zero-order chi connectivity index (χ0) is 21.5. The Labute approximate surface area is 188 Å². The molecular weight excluding hydrogens is 388 g/mol. The van der Waals surface area contributed by atoms with Crippen LogP contribution in [0.5, 0.6) is 0 Å². The van der Waals surface area contributed by atoms with Gasteiger partial charge in [-0.1, -0.05) is 115 Å². The number of hydrogen-bond acceptors (Lipinski definition) is 1. The first-order chi connectivity index (χ1) is 15.8. The van der Waals surface area contributed by atoms with Crippen LogP contribution in [0.1, 0.15) is 27.4 Å². The quantitative estimate of drug-likeness (QED) is 0.298. The van der Waals surface area contributed by atoms with Gasteiger partial charge in [0.05, 0.1) is 5.92 Å². The lowest BCUT2D eigenvalue weighted by Crippen LogP contribution is -2.07. The number of rotatable bonds is 3. The van der Waals surface area contributed by atoms with Crippen molar-refractivity contribution in [3.63, 3.8) is 0 Å². The lowest BCUT2D eigenvalue weighted by molar-refractivity contribution is 0.0973. The molecule has 1 aliphatic carbocycles. The summed E-state index contributed by atoms with van der Waals surface area (Å²) in [5, 5.41) is 2.34. The topological polar surface area (TPSA) is 17.1 Å². The van der Waals surface area contributed by atoms with Crippen molar-refractivity contribution in [3.05, 3.63) is 132 Å². The van der Waals surface area contributed by atoms with Crippen LogP contribution in [0.15, 0.2) is 115 Å². The first-order valence-electron chi connectivity index (χ1n) is 11.1. The fourth-order valence-corrected chi connectivity index (χ4v) is 5.23. The van der Waals surface area contributed by atoms with Crippen molar-refractivity contribution in [1.29, 1.82) is 0 Å². The minimum Gasteiger partial charge on any atom is -0.293 e. The Morgan fingerprint density at radius 2 is 0.969 bits per heavy atom. The average molecular weight is 411 g/mol. The highest BCUT2D eigenvalue weighted by Gasteiger charge is 2.37. The van der Waals surface area contributed by atoms with E-state index in [1.807, 2.05) is 30.3 Å². The summed E-state index contributed by atoms with van der Waals surface area (Å²) in [6, 6.07) is 39.6. The molecule has 1 unspecified atom stereocenters. The van der Waals surface area contributed by atoms with Gasteiger partial charge in [0.25, 0.3) is 0 Å². The van der Waals surface area contributed by atoms with Gasteiger partial charge in [-0.2, -0.15) is 0 Å². The molecule has 0 N–H and O–H groups in total. The number of hydrogen-bond donors (Lipinski definition) is 0. The average Bonchev–Trinajstić information content (AvgIpc) is 3.20. The van der Waals surface area contributed by atoms with Crippen LogP contribution in [0.4, 0.5) is 0 Å². The minimum atomic E-state index is -0.145. The number of Topliss-reactive ketones (excluding diaryl/α,β-unsaturated/α-hetero) is 1. The maximum Gasteiger partial charge on any atom is 0.171 e. The van der Waals surface area contributed by atoms with Crippen LogP contribution in [0, 0.1) is 0 Å². The summed E-state index contributed by atoms with van der Waals surface area (Å²) < 4.78 is 0. The van der Waals surface area contributed by atoms with E-state index in [2.05, 4.69) is 84.9 Å². The highest BCUT2D eigenvalue weighted by molar-refractivity contribution is 6.20. The van der Waals surface area contributed by atoms with Crippen LogP contribution < -0.4 is 0 Å². The van der Waals surface area contributed by atoms with Gasteiger partial charge in [-0.05, 0) is 45.0 Å². The van der Waals surface area contributed by atoms with Gasteiger partial charge in [-0.15, -0.1) is 0 Å². The highest BCUT2D eigenvalue weighted by atomic mass is 16.1. The van der Waals surface area contributed by atoms with Gasteiger partial charge in [0.1, 0.15) is 0 Å². The van der Waals surface area contributed by atoms with Crippen LogP contribution >= 0.6 is 0 Å². The van der Waals surface area contributed by atoms with Crippen molar-refractivity contribution in [2.45, 2.75) is 12.3 Å². The fraction of sp³-hybridized carbons (Fsp3) is 0.0645. The lowest BCUT2D eigenvalue weighted by atomic mass is 9.84.